The summed E-state index contributed by atoms with van der Waals surface area (Å²) in [5.74, 6) is -0.882. The second-order valence-electron chi connectivity index (χ2n) is 8.05. The van der Waals surface area contributed by atoms with Gasteiger partial charge in [-0.2, -0.15) is 0 Å². The highest BCUT2D eigenvalue weighted by molar-refractivity contribution is 6.37. The molecule has 2 aromatic carbocycles. The van der Waals surface area contributed by atoms with Crippen molar-refractivity contribution in [3.8, 4) is 0 Å². The van der Waals surface area contributed by atoms with Crippen molar-refractivity contribution in [2.24, 2.45) is 5.92 Å². The van der Waals surface area contributed by atoms with Gasteiger partial charge >= 0.3 is 0 Å². The minimum absolute atomic E-state index is 0.0151. The molecule has 0 aliphatic carbocycles. The summed E-state index contributed by atoms with van der Waals surface area (Å²) in [4.78, 5) is 42.3. The lowest BCUT2D eigenvalue weighted by Gasteiger charge is -2.34. The topological polar surface area (TPSA) is 79.0 Å². The molecule has 0 spiro atoms. The maximum Gasteiger partial charge on any atom is 0.268 e. The number of nitrogens with zero attached hydrogens (tertiary/aromatic N) is 2. The SMILES string of the molecule is COCCCNC(=O)[C@@H]1CCCN(c2cccc3c2C(=O)N(c2cccc(Cl)c2)C3=O)C1. The normalized spacial score (nSPS) is 18.1. The molecule has 1 fully saturated rings. The molecule has 0 aromatic heterocycles. The molecule has 0 bridgehead atoms. The van der Waals surface area contributed by atoms with Crippen molar-refractivity contribution < 1.29 is 19.1 Å². The monoisotopic (exact) mass is 455 g/mol. The molecule has 2 aliphatic rings. The van der Waals surface area contributed by atoms with Crippen LogP contribution in [0.1, 0.15) is 40.0 Å². The number of imide groups is 1. The van der Waals surface area contributed by atoms with Crippen LogP contribution in [0.5, 0.6) is 0 Å². The first-order chi connectivity index (χ1) is 15.5. The second kappa shape index (κ2) is 9.71. The Kier molecular flexibility index (Phi) is 6.77. The van der Waals surface area contributed by atoms with Crippen LogP contribution in [-0.2, 0) is 9.53 Å². The lowest BCUT2D eigenvalue weighted by molar-refractivity contribution is -0.125. The molecule has 4 rings (SSSR count). The molecule has 1 N–H and O–H groups in total. The van der Waals surface area contributed by atoms with Gasteiger partial charge in [0.1, 0.15) is 0 Å². The van der Waals surface area contributed by atoms with Gasteiger partial charge in [0.25, 0.3) is 11.8 Å². The molecule has 0 unspecified atom stereocenters. The van der Waals surface area contributed by atoms with E-state index in [1.165, 1.54) is 4.90 Å². The molecule has 32 heavy (non-hydrogen) atoms. The van der Waals surface area contributed by atoms with E-state index in [1.54, 1.807) is 43.5 Å². The number of ether oxygens (including phenoxy) is 1. The predicted molar refractivity (Wildman–Crippen MR) is 123 cm³/mol. The largest absolute Gasteiger partial charge is 0.385 e. The van der Waals surface area contributed by atoms with Crippen LogP contribution in [0, 0.1) is 5.92 Å². The van der Waals surface area contributed by atoms with Crippen LogP contribution in [0.2, 0.25) is 5.02 Å². The highest BCUT2D eigenvalue weighted by Gasteiger charge is 2.40. The Labute approximate surface area is 192 Å². The van der Waals surface area contributed by atoms with E-state index < -0.39 is 0 Å². The van der Waals surface area contributed by atoms with Gasteiger partial charge in [-0.25, -0.2) is 4.90 Å². The quantitative estimate of drug-likeness (QED) is 0.510. The lowest BCUT2D eigenvalue weighted by atomic mass is 9.95. The molecule has 2 heterocycles. The van der Waals surface area contributed by atoms with Crippen molar-refractivity contribution in [2.45, 2.75) is 19.3 Å². The van der Waals surface area contributed by atoms with Gasteiger partial charge in [0, 0.05) is 38.4 Å². The number of hydrogen-bond donors (Lipinski definition) is 1. The zero-order valence-electron chi connectivity index (χ0n) is 18.0. The summed E-state index contributed by atoms with van der Waals surface area (Å²) in [6.45, 7) is 2.41. The van der Waals surface area contributed by atoms with Crippen LogP contribution in [0.3, 0.4) is 0 Å². The number of carbonyl (C=O) groups excluding carboxylic acids is 3. The van der Waals surface area contributed by atoms with Crippen molar-refractivity contribution >= 4 is 40.7 Å². The van der Waals surface area contributed by atoms with Crippen LogP contribution in [0.25, 0.3) is 0 Å². The number of benzene rings is 2. The van der Waals surface area contributed by atoms with E-state index in [1.807, 2.05) is 11.0 Å². The van der Waals surface area contributed by atoms with Gasteiger partial charge < -0.3 is 15.0 Å². The Hall–Kier alpha value is -2.90. The van der Waals surface area contributed by atoms with Crippen LogP contribution < -0.4 is 15.1 Å². The number of hydrogen-bond acceptors (Lipinski definition) is 5. The van der Waals surface area contributed by atoms with Gasteiger partial charge in [-0.15, -0.1) is 0 Å². The number of halogens is 1. The van der Waals surface area contributed by atoms with Crippen LogP contribution >= 0.6 is 11.6 Å². The number of fused-ring (bicyclic) bond motifs is 1. The van der Waals surface area contributed by atoms with Gasteiger partial charge in [-0.05, 0) is 49.6 Å². The summed E-state index contributed by atoms with van der Waals surface area (Å²) in [5.41, 5.74) is 1.90. The zero-order valence-corrected chi connectivity index (χ0v) is 18.7. The van der Waals surface area contributed by atoms with E-state index in [2.05, 4.69) is 5.32 Å². The minimum atomic E-state index is -0.367. The highest BCUT2D eigenvalue weighted by atomic mass is 35.5. The number of piperidine rings is 1. The van der Waals surface area contributed by atoms with Crippen molar-refractivity contribution in [3.05, 3.63) is 58.6 Å². The number of methoxy groups -OCH3 is 1. The third-order valence-corrected chi connectivity index (χ3v) is 6.15. The average Bonchev–Trinajstić information content (AvgIpc) is 3.07. The molecule has 1 atom stereocenters. The van der Waals surface area contributed by atoms with Crippen molar-refractivity contribution in [1.29, 1.82) is 0 Å². The Morgan fingerprint density at radius 1 is 1.19 bits per heavy atom. The molecular weight excluding hydrogens is 430 g/mol. The Morgan fingerprint density at radius 2 is 2.00 bits per heavy atom. The van der Waals surface area contributed by atoms with Gasteiger partial charge in [0.15, 0.2) is 0 Å². The van der Waals surface area contributed by atoms with E-state index in [-0.39, 0.29) is 23.6 Å². The number of rotatable bonds is 7. The predicted octanol–water partition coefficient (Wildman–Crippen LogP) is 3.51. The fourth-order valence-corrected chi connectivity index (χ4v) is 4.55. The molecule has 0 radical (unpaired) electrons. The summed E-state index contributed by atoms with van der Waals surface area (Å²) in [7, 11) is 1.64. The van der Waals surface area contributed by atoms with Gasteiger partial charge in [-0.3, -0.25) is 14.4 Å². The molecule has 0 saturated carbocycles. The fourth-order valence-electron chi connectivity index (χ4n) is 4.36. The van der Waals surface area contributed by atoms with E-state index in [0.29, 0.717) is 47.2 Å². The van der Waals surface area contributed by atoms with E-state index >= 15 is 0 Å². The van der Waals surface area contributed by atoms with Crippen molar-refractivity contribution in [1.82, 2.24) is 5.32 Å². The number of anilines is 2. The standard InChI is InChI=1S/C24H26ClN3O4/c1-32-13-5-11-26-22(29)16-6-4-12-27(15-16)20-10-3-9-19-21(20)24(31)28(23(19)30)18-8-2-7-17(25)14-18/h2-3,7-10,14,16H,4-6,11-13,15H2,1H3,(H,26,29)/t16-/m1/s1. The first kappa shape index (κ1) is 22.3. The van der Waals surface area contributed by atoms with Crippen molar-refractivity contribution in [3.63, 3.8) is 0 Å². The lowest BCUT2D eigenvalue weighted by Crippen LogP contribution is -2.44. The molecule has 7 nitrogen and oxygen atoms in total. The average molecular weight is 456 g/mol. The van der Waals surface area contributed by atoms with E-state index in [4.69, 9.17) is 16.3 Å². The summed E-state index contributed by atoms with van der Waals surface area (Å²) in [6, 6.07) is 12.0. The Balaban J connectivity index is 1.55. The number of amides is 3. The molecule has 2 aliphatic heterocycles. The summed E-state index contributed by atoms with van der Waals surface area (Å²) < 4.78 is 5.02. The molecule has 8 heteroatoms. The van der Waals surface area contributed by atoms with E-state index in [9.17, 15) is 14.4 Å². The molecule has 168 valence electrons. The number of nitrogens with one attached hydrogen (secondary N) is 1. The van der Waals surface area contributed by atoms with E-state index in [0.717, 1.165) is 25.8 Å². The third-order valence-electron chi connectivity index (χ3n) is 5.92. The Morgan fingerprint density at radius 3 is 2.78 bits per heavy atom. The number of carbonyl (C=O) groups is 3. The highest BCUT2D eigenvalue weighted by Crippen LogP contribution is 2.36. The minimum Gasteiger partial charge on any atom is -0.385 e. The fraction of sp³-hybridized carbons (Fsp3) is 0.375. The summed E-state index contributed by atoms with van der Waals surface area (Å²) in [5, 5.41) is 3.43. The maximum absolute atomic E-state index is 13.3. The second-order valence-corrected chi connectivity index (χ2v) is 8.48. The third kappa shape index (κ3) is 4.36. The van der Waals surface area contributed by atoms with Crippen LogP contribution in [-0.4, -0.2) is 51.1 Å². The molecule has 1 saturated heterocycles. The zero-order chi connectivity index (χ0) is 22.7. The Bertz CT molecular complexity index is 1040. The van der Waals surface area contributed by atoms with Gasteiger partial charge in [0.05, 0.1) is 28.4 Å². The van der Waals surface area contributed by atoms with Gasteiger partial charge in [-0.1, -0.05) is 23.7 Å². The summed E-state index contributed by atoms with van der Waals surface area (Å²) in [6.07, 6.45) is 2.39. The summed E-state index contributed by atoms with van der Waals surface area (Å²) >= 11 is 6.08. The molecule has 2 aromatic rings. The smallest absolute Gasteiger partial charge is 0.268 e. The maximum atomic E-state index is 13.3. The van der Waals surface area contributed by atoms with Crippen LogP contribution in [0.15, 0.2) is 42.5 Å². The molecular formula is C24H26ClN3O4. The first-order valence-electron chi connectivity index (χ1n) is 10.8. The molecule has 3 amide bonds. The van der Waals surface area contributed by atoms with Gasteiger partial charge in [0.2, 0.25) is 5.91 Å². The first-order valence-corrected chi connectivity index (χ1v) is 11.2. The van der Waals surface area contributed by atoms with Crippen LogP contribution in [0.4, 0.5) is 11.4 Å². The van der Waals surface area contributed by atoms with Crippen molar-refractivity contribution in [2.75, 3.05) is 43.2 Å².